The number of hydrogen-bond acceptors (Lipinski definition) is 4. The Balaban J connectivity index is 1.44. The van der Waals surface area contributed by atoms with Crippen LogP contribution in [0.15, 0.2) is 79.3 Å². The largest absolute Gasteiger partial charge is 0.309 e. The topological polar surface area (TPSA) is 81.8 Å². The lowest BCUT2D eigenvalue weighted by atomic mass is 10.1. The Morgan fingerprint density at radius 2 is 1.69 bits per heavy atom. The van der Waals surface area contributed by atoms with E-state index in [4.69, 9.17) is 0 Å². The van der Waals surface area contributed by atoms with E-state index >= 15 is 0 Å². The molecule has 4 aromatic rings. The van der Waals surface area contributed by atoms with Crippen LogP contribution in [0, 0.1) is 0 Å². The second-order valence-corrected chi connectivity index (χ2v) is 6.57. The number of benzene rings is 2. The molecule has 0 saturated carbocycles. The number of ketones is 1. The first-order valence-electron chi connectivity index (χ1n) is 9.13. The Hall–Kier alpha value is -4.00. The molecule has 7 nitrogen and oxygen atoms in total. The van der Waals surface area contributed by atoms with E-state index in [1.165, 1.54) is 6.92 Å². The highest BCUT2D eigenvalue weighted by molar-refractivity contribution is 5.94. The van der Waals surface area contributed by atoms with Crippen LogP contribution in [-0.2, 0) is 11.3 Å². The normalized spacial score (nSPS) is 10.7. The van der Waals surface area contributed by atoms with Gasteiger partial charge in [0.2, 0.25) is 5.91 Å². The highest BCUT2D eigenvalue weighted by Gasteiger charge is 2.11. The number of carbonyl (C=O) groups excluding carboxylic acids is 2. The maximum atomic E-state index is 12.5. The SMILES string of the molecule is CC(=O)c1ccc(-c2cnn(CC(=O)Nc3ccnn3-c3ccccc3)c2)cc1. The second kappa shape index (κ2) is 7.93. The summed E-state index contributed by atoms with van der Waals surface area (Å²) in [5, 5.41) is 11.4. The molecule has 0 aliphatic heterocycles. The van der Waals surface area contributed by atoms with Gasteiger partial charge in [-0.15, -0.1) is 0 Å². The Bertz CT molecular complexity index is 1140. The van der Waals surface area contributed by atoms with Crippen molar-refractivity contribution in [2.75, 3.05) is 5.32 Å². The van der Waals surface area contributed by atoms with Gasteiger partial charge in [0.25, 0.3) is 0 Å². The predicted molar refractivity (Wildman–Crippen MR) is 110 cm³/mol. The van der Waals surface area contributed by atoms with Crippen LogP contribution in [0.3, 0.4) is 0 Å². The lowest BCUT2D eigenvalue weighted by Crippen LogP contribution is -2.20. The van der Waals surface area contributed by atoms with Gasteiger partial charge in [0.1, 0.15) is 12.4 Å². The second-order valence-electron chi connectivity index (χ2n) is 6.57. The molecule has 4 rings (SSSR count). The van der Waals surface area contributed by atoms with E-state index < -0.39 is 0 Å². The molecule has 0 fully saturated rings. The summed E-state index contributed by atoms with van der Waals surface area (Å²) < 4.78 is 3.25. The molecule has 1 N–H and O–H groups in total. The van der Waals surface area contributed by atoms with Crippen molar-refractivity contribution in [1.29, 1.82) is 0 Å². The first-order chi connectivity index (χ1) is 14.1. The zero-order valence-electron chi connectivity index (χ0n) is 15.8. The number of nitrogens with one attached hydrogen (secondary N) is 1. The van der Waals surface area contributed by atoms with Crippen LogP contribution in [0.2, 0.25) is 0 Å². The summed E-state index contributed by atoms with van der Waals surface area (Å²) in [7, 11) is 0. The number of aromatic nitrogens is 4. The summed E-state index contributed by atoms with van der Waals surface area (Å²) in [4.78, 5) is 23.9. The molecule has 0 bridgehead atoms. The fourth-order valence-electron chi connectivity index (χ4n) is 3.00. The van der Waals surface area contributed by atoms with Crippen LogP contribution in [-0.4, -0.2) is 31.3 Å². The molecule has 2 aromatic heterocycles. The van der Waals surface area contributed by atoms with Crippen LogP contribution in [0.5, 0.6) is 0 Å². The fourth-order valence-corrected chi connectivity index (χ4v) is 3.00. The first kappa shape index (κ1) is 18.4. The van der Waals surface area contributed by atoms with E-state index in [-0.39, 0.29) is 18.2 Å². The molecule has 7 heteroatoms. The quantitative estimate of drug-likeness (QED) is 0.515. The third-order valence-electron chi connectivity index (χ3n) is 4.47. The van der Waals surface area contributed by atoms with E-state index in [1.807, 2.05) is 42.5 Å². The van der Waals surface area contributed by atoms with Gasteiger partial charge in [0.15, 0.2) is 5.78 Å². The average Bonchev–Trinajstić information content (AvgIpc) is 3.38. The number of Topliss-reactive ketones (excluding diaryl/α,β-unsaturated/α-hetero) is 1. The van der Waals surface area contributed by atoms with E-state index in [2.05, 4.69) is 15.5 Å². The lowest BCUT2D eigenvalue weighted by molar-refractivity contribution is -0.116. The number of para-hydroxylation sites is 1. The van der Waals surface area contributed by atoms with Crippen molar-refractivity contribution in [2.45, 2.75) is 13.5 Å². The van der Waals surface area contributed by atoms with Crippen molar-refractivity contribution < 1.29 is 9.59 Å². The summed E-state index contributed by atoms with van der Waals surface area (Å²) in [5.41, 5.74) is 3.34. The molecule has 2 aromatic carbocycles. The number of carbonyl (C=O) groups is 2. The Labute approximate surface area is 167 Å². The van der Waals surface area contributed by atoms with E-state index in [0.717, 1.165) is 16.8 Å². The van der Waals surface area contributed by atoms with Gasteiger partial charge in [-0.2, -0.15) is 10.2 Å². The molecule has 0 spiro atoms. The van der Waals surface area contributed by atoms with E-state index in [0.29, 0.717) is 11.4 Å². The van der Waals surface area contributed by atoms with Gasteiger partial charge < -0.3 is 5.32 Å². The maximum Gasteiger partial charge on any atom is 0.247 e. The molecule has 0 saturated heterocycles. The standard InChI is InChI=1S/C22H19N5O2/c1-16(28)17-7-9-18(10-8-17)19-13-24-26(14-19)15-22(29)25-21-11-12-23-27(21)20-5-3-2-4-6-20/h2-14H,15H2,1H3,(H,25,29). The van der Waals surface area contributed by atoms with Gasteiger partial charge >= 0.3 is 0 Å². The molecule has 0 unspecified atom stereocenters. The monoisotopic (exact) mass is 385 g/mol. The van der Waals surface area contributed by atoms with Crippen molar-refractivity contribution in [1.82, 2.24) is 19.6 Å². The molecule has 0 aliphatic carbocycles. The number of nitrogens with zero attached hydrogens (tertiary/aromatic N) is 4. The number of anilines is 1. The van der Waals surface area contributed by atoms with Gasteiger partial charge in [-0.1, -0.05) is 42.5 Å². The summed E-state index contributed by atoms with van der Waals surface area (Å²) in [5.74, 6) is 0.413. The van der Waals surface area contributed by atoms with Crippen LogP contribution in [0.4, 0.5) is 5.82 Å². The Morgan fingerprint density at radius 3 is 2.41 bits per heavy atom. The summed E-state index contributed by atoms with van der Waals surface area (Å²) in [6.45, 7) is 1.61. The Kier molecular flexibility index (Phi) is 5.03. The van der Waals surface area contributed by atoms with E-state index in [1.54, 1.807) is 46.2 Å². The number of amides is 1. The van der Waals surface area contributed by atoms with Crippen molar-refractivity contribution in [3.8, 4) is 16.8 Å². The fraction of sp³-hybridized carbons (Fsp3) is 0.0909. The van der Waals surface area contributed by atoms with Gasteiger partial charge in [0, 0.05) is 23.4 Å². The van der Waals surface area contributed by atoms with Crippen LogP contribution in [0.1, 0.15) is 17.3 Å². The predicted octanol–water partition coefficient (Wildman–Crippen LogP) is 3.58. The summed E-state index contributed by atoms with van der Waals surface area (Å²) >= 11 is 0. The highest BCUT2D eigenvalue weighted by Crippen LogP contribution is 2.19. The minimum atomic E-state index is -0.204. The van der Waals surface area contributed by atoms with E-state index in [9.17, 15) is 9.59 Å². The van der Waals surface area contributed by atoms with Crippen molar-refractivity contribution in [3.05, 3.63) is 84.8 Å². The van der Waals surface area contributed by atoms with Crippen LogP contribution in [0.25, 0.3) is 16.8 Å². The summed E-state index contributed by atoms with van der Waals surface area (Å²) in [6.07, 6.45) is 5.14. The lowest BCUT2D eigenvalue weighted by Gasteiger charge is -2.09. The molecule has 1 amide bonds. The summed E-state index contributed by atoms with van der Waals surface area (Å²) in [6, 6.07) is 18.6. The van der Waals surface area contributed by atoms with Crippen molar-refractivity contribution in [2.24, 2.45) is 0 Å². The zero-order chi connectivity index (χ0) is 20.2. The number of hydrogen-bond donors (Lipinski definition) is 1. The van der Waals surface area contributed by atoms with Gasteiger partial charge in [-0.25, -0.2) is 4.68 Å². The molecular weight excluding hydrogens is 366 g/mol. The highest BCUT2D eigenvalue weighted by atomic mass is 16.2. The minimum Gasteiger partial charge on any atom is -0.309 e. The third kappa shape index (κ3) is 4.14. The van der Waals surface area contributed by atoms with Crippen LogP contribution >= 0.6 is 0 Å². The molecule has 0 radical (unpaired) electrons. The van der Waals surface area contributed by atoms with Gasteiger partial charge in [-0.3, -0.25) is 14.3 Å². The minimum absolute atomic E-state index is 0.0265. The molecular formula is C22H19N5O2. The van der Waals surface area contributed by atoms with Crippen LogP contribution < -0.4 is 5.32 Å². The average molecular weight is 385 g/mol. The van der Waals surface area contributed by atoms with Gasteiger partial charge in [-0.05, 0) is 24.6 Å². The number of rotatable bonds is 6. The first-order valence-corrected chi connectivity index (χ1v) is 9.13. The molecule has 2 heterocycles. The third-order valence-corrected chi connectivity index (χ3v) is 4.47. The smallest absolute Gasteiger partial charge is 0.247 e. The van der Waals surface area contributed by atoms with Crippen molar-refractivity contribution >= 4 is 17.5 Å². The van der Waals surface area contributed by atoms with Gasteiger partial charge in [0.05, 0.1) is 18.1 Å². The Morgan fingerprint density at radius 1 is 0.931 bits per heavy atom. The molecule has 0 atom stereocenters. The molecule has 144 valence electrons. The maximum absolute atomic E-state index is 12.5. The zero-order valence-corrected chi connectivity index (χ0v) is 15.8. The molecule has 29 heavy (non-hydrogen) atoms. The van der Waals surface area contributed by atoms with Crippen molar-refractivity contribution in [3.63, 3.8) is 0 Å². The molecule has 0 aliphatic rings.